The van der Waals surface area contributed by atoms with E-state index in [1.54, 1.807) is 5.32 Å². The van der Waals surface area contributed by atoms with E-state index in [0.717, 1.165) is 12.3 Å². The second-order valence-electron chi connectivity index (χ2n) is 11.0. The minimum atomic E-state index is -2.93. The van der Waals surface area contributed by atoms with Crippen molar-refractivity contribution in [2.45, 2.75) is 43.2 Å². The van der Waals surface area contributed by atoms with Gasteiger partial charge < -0.3 is 26.2 Å². The third-order valence-electron chi connectivity index (χ3n) is 8.15. The number of nitrogens with zero attached hydrogens (tertiary/aromatic N) is 1. The average molecular weight is 652 g/mol. The zero-order chi connectivity index (χ0) is 32.8. The van der Waals surface area contributed by atoms with Crippen LogP contribution in [0.5, 0.6) is 0 Å². The monoisotopic (exact) mass is 651 g/mol. The van der Waals surface area contributed by atoms with Gasteiger partial charge in [0, 0.05) is 34.5 Å². The van der Waals surface area contributed by atoms with Gasteiger partial charge in [-0.3, -0.25) is 15.0 Å². The fourth-order valence-electron chi connectivity index (χ4n) is 5.27. The van der Waals surface area contributed by atoms with Crippen LogP contribution in [0.2, 0.25) is 5.02 Å². The Hall–Kier alpha value is -4.30. The molecule has 3 aliphatic rings. The van der Waals surface area contributed by atoms with Gasteiger partial charge in [0.05, 0.1) is 29.8 Å². The minimum Gasteiger partial charge on any atom is -0.494 e. The Kier molecular flexibility index (Phi) is 8.49. The number of nitrogens with one attached hydrogen (secondary N) is 3. The third-order valence-corrected chi connectivity index (χ3v) is 8.44. The molecular weight excluding hydrogens is 625 g/mol. The van der Waals surface area contributed by atoms with E-state index in [1.165, 1.54) is 25.3 Å². The lowest BCUT2D eigenvalue weighted by atomic mass is 9.86. The molecule has 9 nitrogen and oxygen atoms in total. The molecule has 238 valence electrons. The molecule has 6 N–H and O–H groups in total. The molecule has 0 bridgehead atoms. The molecule has 2 aromatic rings. The standard InChI is InChI=1S/C30H27ClF5N5O4/c1-45-21-7-13(6-14(24(21)37)11-39-28(35)36)26(42)40-12-30(44,15-2-3-15)22-9-17(29(4-5-29)27(38)43)23(34)25(41-22)16-8-18(31)20(33)10-19(16)32/h6-11,15,28,37,39,44H,2-5,12H2,1H3,(H2,38,43)(H,40,42)/b14-11-,37-24?/t30-/m1/s1. The predicted molar refractivity (Wildman–Crippen MR) is 152 cm³/mol. The van der Waals surface area contributed by atoms with E-state index in [4.69, 9.17) is 27.5 Å². The summed E-state index contributed by atoms with van der Waals surface area (Å²) in [6.45, 7) is -3.42. The number of ether oxygens (including phenoxy) is 1. The van der Waals surface area contributed by atoms with E-state index in [0.29, 0.717) is 18.9 Å². The van der Waals surface area contributed by atoms with Crippen LogP contribution in [0.3, 0.4) is 0 Å². The van der Waals surface area contributed by atoms with Crippen molar-refractivity contribution >= 4 is 29.1 Å². The normalized spacial score (nSPS) is 19.5. The second kappa shape index (κ2) is 11.9. The topological polar surface area (TPSA) is 150 Å². The largest absolute Gasteiger partial charge is 0.494 e. The highest BCUT2D eigenvalue weighted by Crippen LogP contribution is 2.52. The number of nitrogens with two attached hydrogens (primary N) is 1. The fraction of sp³-hybridized carbons (Fsp3) is 0.333. The van der Waals surface area contributed by atoms with Crippen LogP contribution in [0, 0.1) is 28.8 Å². The molecule has 0 spiro atoms. The van der Waals surface area contributed by atoms with Crippen molar-refractivity contribution < 1.29 is 41.4 Å². The summed E-state index contributed by atoms with van der Waals surface area (Å²) in [4.78, 5) is 29.9. The van der Waals surface area contributed by atoms with Gasteiger partial charge in [0.15, 0.2) is 5.82 Å². The number of primary amides is 1. The number of amides is 2. The Balaban J connectivity index is 1.55. The van der Waals surface area contributed by atoms with Crippen LogP contribution in [-0.4, -0.2) is 47.8 Å². The van der Waals surface area contributed by atoms with E-state index in [9.17, 15) is 32.3 Å². The SMILES string of the molecule is COC1=CC(C(=O)NC[C@](O)(c2cc(C3(C(N)=O)CC3)c(F)c(-c3cc(Cl)c(F)cc3F)n2)C2CC2)=C/C(=C/NC(F)F)C1=N. The maximum absolute atomic E-state index is 16.0. The lowest BCUT2D eigenvalue weighted by Crippen LogP contribution is -2.44. The highest BCUT2D eigenvalue weighted by Gasteiger charge is 2.54. The van der Waals surface area contributed by atoms with Gasteiger partial charge >= 0.3 is 6.55 Å². The number of carbonyl (C=O) groups is 2. The first-order chi connectivity index (χ1) is 21.2. The number of pyridine rings is 1. The number of benzene rings is 1. The summed E-state index contributed by atoms with van der Waals surface area (Å²) in [7, 11) is 1.23. The summed E-state index contributed by atoms with van der Waals surface area (Å²) in [6.07, 6.45) is 4.56. The van der Waals surface area contributed by atoms with Gasteiger partial charge in [-0.05, 0) is 55.9 Å². The molecule has 1 aromatic heterocycles. The molecule has 45 heavy (non-hydrogen) atoms. The Bertz CT molecular complexity index is 1700. The van der Waals surface area contributed by atoms with Gasteiger partial charge in [0.1, 0.15) is 34.4 Å². The first-order valence-electron chi connectivity index (χ1n) is 13.7. The number of hydrogen-bond acceptors (Lipinski definition) is 7. The fourth-order valence-corrected chi connectivity index (χ4v) is 5.44. The zero-order valence-corrected chi connectivity index (χ0v) is 24.4. The highest BCUT2D eigenvalue weighted by atomic mass is 35.5. The number of aromatic nitrogens is 1. The van der Waals surface area contributed by atoms with E-state index in [-0.39, 0.29) is 46.7 Å². The molecule has 1 aromatic carbocycles. The summed E-state index contributed by atoms with van der Waals surface area (Å²) < 4.78 is 75.5. The number of aliphatic hydroxyl groups is 1. The lowest BCUT2D eigenvalue weighted by molar-refractivity contribution is -0.120. The van der Waals surface area contributed by atoms with Crippen LogP contribution >= 0.6 is 11.6 Å². The van der Waals surface area contributed by atoms with E-state index < -0.39 is 75.6 Å². The van der Waals surface area contributed by atoms with Gasteiger partial charge in [-0.25, -0.2) is 18.2 Å². The number of hydrogen-bond donors (Lipinski definition) is 5. The van der Waals surface area contributed by atoms with Crippen LogP contribution in [0.15, 0.2) is 53.5 Å². The Morgan fingerprint density at radius 2 is 1.91 bits per heavy atom. The van der Waals surface area contributed by atoms with Crippen molar-refractivity contribution in [3.8, 4) is 11.3 Å². The number of halogens is 6. The molecule has 2 amide bonds. The second-order valence-corrected chi connectivity index (χ2v) is 11.5. The van der Waals surface area contributed by atoms with Crippen LogP contribution in [-0.2, 0) is 25.3 Å². The third kappa shape index (κ3) is 6.03. The molecule has 0 saturated heterocycles. The van der Waals surface area contributed by atoms with Crippen molar-refractivity contribution in [1.29, 1.82) is 5.41 Å². The molecule has 3 aliphatic carbocycles. The Morgan fingerprint density at radius 3 is 2.49 bits per heavy atom. The van der Waals surface area contributed by atoms with E-state index in [1.807, 2.05) is 0 Å². The van der Waals surface area contributed by atoms with Crippen LogP contribution in [0.1, 0.15) is 36.9 Å². The van der Waals surface area contributed by atoms with E-state index >= 15 is 4.39 Å². The number of carbonyl (C=O) groups excluding carboxylic acids is 2. The zero-order valence-electron chi connectivity index (χ0n) is 23.6. The molecule has 1 atom stereocenters. The van der Waals surface area contributed by atoms with E-state index in [2.05, 4.69) is 10.3 Å². The first-order valence-corrected chi connectivity index (χ1v) is 14.1. The molecule has 2 fully saturated rings. The summed E-state index contributed by atoms with van der Waals surface area (Å²) in [5.41, 5.74) is 0.185. The predicted octanol–water partition coefficient (Wildman–Crippen LogP) is 4.24. The molecule has 15 heteroatoms. The summed E-state index contributed by atoms with van der Waals surface area (Å²) >= 11 is 5.86. The minimum absolute atomic E-state index is 0.0760. The maximum atomic E-state index is 16.0. The molecule has 0 unspecified atom stereocenters. The number of rotatable bonds is 11. The van der Waals surface area contributed by atoms with Crippen LogP contribution < -0.4 is 16.4 Å². The van der Waals surface area contributed by atoms with Crippen molar-refractivity contribution in [2.75, 3.05) is 13.7 Å². The molecule has 0 radical (unpaired) electrons. The quantitative estimate of drug-likeness (QED) is 0.139. The van der Waals surface area contributed by atoms with Gasteiger partial charge in [-0.15, -0.1) is 0 Å². The first kappa shape index (κ1) is 32.1. The molecule has 1 heterocycles. The van der Waals surface area contributed by atoms with Crippen LogP contribution in [0.25, 0.3) is 11.3 Å². The molecule has 0 aliphatic heterocycles. The van der Waals surface area contributed by atoms with Crippen molar-refractivity contribution in [2.24, 2.45) is 11.7 Å². The average Bonchev–Trinajstić information content (AvgIpc) is 3.91. The van der Waals surface area contributed by atoms with Crippen LogP contribution in [0.4, 0.5) is 22.0 Å². The maximum Gasteiger partial charge on any atom is 0.312 e. The van der Waals surface area contributed by atoms with Gasteiger partial charge in [0.25, 0.3) is 5.91 Å². The lowest BCUT2D eigenvalue weighted by Gasteiger charge is -2.30. The Labute approximate surface area is 258 Å². The number of methoxy groups -OCH3 is 1. The molecule has 5 rings (SSSR count). The number of allylic oxidation sites excluding steroid dienone is 2. The van der Waals surface area contributed by atoms with Gasteiger partial charge in [-0.2, -0.15) is 8.78 Å². The highest BCUT2D eigenvalue weighted by molar-refractivity contribution is 6.31. The van der Waals surface area contributed by atoms with Crippen molar-refractivity contribution in [3.63, 3.8) is 0 Å². The Morgan fingerprint density at radius 1 is 1.22 bits per heavy atom. The van der Waals surface area contributed by atoms with Crippen molar-refractivity contribution in [1.82, 2.24) is 15.6 Å². The number of alkyl halides is 2. The smallest absolute Gasteiger partial charge is 0.312 e. The van der Waals surface area contributed by atoms with Gasteiger partial charge in [-0.1, -0.05) is 11.6 Å². The summed E-state index contributed by atoms with van der Waals surface area (Å²) in [6, 6.07) is 2.47. The summed E-state index contributed by atoms with van der Waals surface area (Å²) in [5.74, 6) is -5.59. The van der Waals surface area contributed by atoms with Crippen molar-refractivity contribution in [3.05, 3.63) is 87.2 Å². The summed E-state index contributed by atoms with van der Waals surface area (Å²) in [5, 5.41) is 23.9. The van der Waals surface area contributed by atoms with Gasteiger partial charge in [0.2, 0.25) is 5.91 Å². The molecule has 2 saturated carbocycles. The molecular formula is C30H27ClF5N5O4.